The monoisotopic (exact) mass is 448 g/mol. The van der Waals surface area contributed by atoms with Gasteiger partial charge in [0.1, 0.15) is 6.54 Å². The van der Waals surface area contributed by atoms with Gasteiger partial charge in [-0.1, -0.05) is 41.4 Å². The van der Waals surface area contributed by atoms with Crippen LogP contribution >= 0.6 is 23.2 Å². The summed E-state index contributed by atoms with van der Waals surface area (Å²) in [6.07, 6.45) is 0. The zero-order valence-corrected chi connectivity index (χ0v) is 17.8. The van der Waals surface area contributed by atoms with Gasteiger partial charge in [-0.3, -0.25) is 9.10 Å². The molecule has 29 heavy (non-hydrogen) atoms. The normalized spacial score (nSPS) is 11.1. The van der Waals surface area contributed by atoms with E-state index in [2.05, 4.69) is 5.32 Å². The zero-order valence-electron chi connectivity index (χ0n) is 15.5. The van der Waals surface area contributed by atoms with Crippen molar-refractivity contribution in [1.82, 2.24) is 0 Å². The number of hydrogen-bond donors (Lipinski definition) is 1. The number of aryl methyl sites for hydroxylation is 1. The molecule has 0 spiro atoms. The van der Waals surface area contributed by atoms with Gasteiger partial charge >= 0.3 is 0 Å². The quantitative estimate of drug-likeness (QED) is 0.567. The van der Waals surface area contributed by atoms with Gasteiger partial charge in [0, 0.05) is 15.7 Å². The van der Waals surface area contributed by atoms with Crippen LogP contribution in [-0.2, 0) is 14.8 Å². The molecular weight excluding hydrogens is 431 g/mol. The first kappa shape index (κ1) is 21.2. The summed E-state index contributed by atoms with van der Waals surface area (Å²) in [4.78, 5) is 12.8. The summed E-state index contributed by atoms with van der Waals surface area (Å²) in [6, 6.07) is 19.4. The van der Waals surface area contributed by atoms with Gasteiger partial charge in [0.05, 0.1) is 10.6 Å². The van der Waals surface area contributed by atoms with Gasteiger partial charge in [0.25, 0.3) is 10.0 Å². The molecule has 0 aliphatic heterocycles. The Labute approximate surface area is 179 Å². The number of carbonyl (C=O) groups is 1. The number of halogens is 2. The first-order valence-electron chi connectivity index (χ1n) is 8.67. The minimum atomic E-state index is -3.98. The fourth-order valence-electron chi connectivity index (χ4n) is 2.78. The van der Waals surface area contributed by atoms with Gasteiger partial charge in [-0.05, 0) is 67.1 Å². The molecule has 1 amide bonds. The molecule has 150 valence electrons. The second kappa shape index (κ2) is 8.86. The first-order valence-corrected chi connectivity index (χ1v) is 10.9. The number of sulfonamides is 1. The molecule has 8 heteroatoms. The van der Waals surface area contributed by atoms with Crippen molar-refractivity contribution in [2.75, 3.05) is 16.2 Å². The summed E-state index contributed by atoms with van der Waals surface area (Å²) in [5.41, 5.74) is 1.53. The summed E-state index contributed by atoms with van der Waals surface area (Å²) in [7, 11) is -3.98. The summed E-state index contributed by atoms with van der Waals surface area (Å²) in [5.74, 6) is -0.485. The van der Waals surface area contributed by atoms with E-state index in [9.17, 15) is 13.2 Å². The maximum absolute atomic E-state index is 13.3. The second-order valence-electron chi connectivity index (χ2n) is 6.31. The van der Waals surface area contributed by atoms with Gasteiger partial charge in [0.2, 0.25) is 5.91 Å². The molecule has 1 N–H and O–H groups in total. The molecule has 0 unspecified atom stereocenters. The molecule has 0 bridgehead atoms. The third kappa shape index (κ3) is 5.09. The van der Waals surface area contributed by atoms with E-state index in [-0.39, 0.29) is 4.90 Å². The van der Waals surface area contributed by atoms with Crippen LogP contribution in [0, 0.1) is 6.92 Å². The van der Waals surface area contributed by atoms with E-state index in [1.54, 1.807) is 67.6 Å². The molecule has 3 aromatic rings. The number of benzene rings is 3. The lowest BCUT2D eigenvalue weighted by molar-refractivity contribution is -0.114. The summed E-state index contributed by atoms with van der Waals surface area (Å²) in [5, 5.41) is 3.71. The highest BCUT2D eigenvalue weighted by Gasteiger charge is 2.28. The van der Waals surface area contributed by atoms with Crippen LogP contribution in [0.15, 0.2) is 77.7 Å². The van der Waals surface area contributed by atoms with Crippen LogP contribution in [0.4, 0.5) is 11.4 Å². The topological polar surface area (TPSA) is 66.5 Å². The molecule has 0 aromatic heterocycles. The van der Waals surface area contributed by atoms with Crippen LogP contribution in [0.25, 0.3) is 0 Å². The van der Waals surface area contributed by atoms with Crippen molar-refractivity contribution in [2.24, 2.45) is 0 Å². The van der Waals surface area contributed by atoms with E-state index in [0.29, 0.717) is 27.0 Å². The lowest BCUT2D eigenvalue weighted by Crippen LogP contribution is -2.38. The predicted molar refractivity (Wildman–Crippen MR) is 117 cm³/mol. The molecule has 0 radical (unpaired) electrons. The van der Waals surface area contributed by atoms with Crippen LogP contribution in [0.3, 0.4) is 0 Å². The van der Waals surface area contributed by atoms with Gasteiger partial charge in [-0.15, -0.1) is 0 Å². The lowest BCUT2D eigenvalue weighted by Gasteiger charge is -2.25. The van der Waals surface area contributed by atoms with E-state index in [0.717, 1.165) is 4.31 Å². The van der Waals surface area contributed by atoms with Crippen molar-refractivity contribution in [3.8, 4) is 0 Å². The third-order valence-electron chi connectivity index (χ3n) is 4.17. The smallest absolute Gasteiger partial charge is 0.264 e. The fourth-order valence-corrected chi connectivity index (χ4v) is 4.64. The van der Waals surface area contributed by atoms with Crippen molar-refractivity contribution >= 4 is 50.5 Å². The van der Waals surface area contributed by atoms with Crippen molar-refractivity contribution in [1.29, 1.82) is 0 Å². The van der Waals surface area contributed by atoms with Crippen LogP contribution < -0.4 is 9.62 Å². The first-order chi connectivity index (χ1) is 13.8. The van der Waals surface area contributed by atoms with Crippen molar-refractivity contribution in [3.05, 3.63) is 88.4 Å². The molecule has 0 aliphatic rings. The Hall–Kier alpha value is -2.54. The summed E-state index contributed by atoms with van der Waals surface area (Å²) < 4.78 is 27.7. The molecule has 3 aromatic carbocycles. The number of hydrogen-bond acceptors (Lipinski definition) is 3. The van der Waals surface area contributed by atoms with E-state index in [1.807, 2.05) is 0 Å². The standard InChI is InChI=1S/C21H18Cl2N2O3S/c1-15-13-17(23)9-12-20(15)25(29(27,28)19-5-3-2-4-6-19)14-21(26)24-18-10-7-16(22)8-11-18/h2-13H,14H2,1H3,(H,24,26). The molecular formula is C21H18Cl2N2O3S. The third-order valence-corrected chi connectivity index (χ3v) is 6.43. The number of carbonyl (C=O) groups excluding carboxylic acids is 1. The van der Waals surface area contributed by atoms with Crippen molar-refractivity contribution in [3.63, 3.8) is 0 Å². The maximum atomic E-state index is 13.3. The van der Waals surface area contributed by atoms with Crippen LogP contribution in [0.2, 0.25) is 10.0 Å². The SMILES string of the molecule is Cc1cc(Cl)ccc1N(CC(=O)Nc1ccc(Cl)cc1)S(=O)(=O)c1ccccc1. The highest BCUT2D eigenvalue weighted by molar-refractivity contribution is 7.92. The number of nitrogens with one attached hydrogen (secondary N) is 1. The number of anilines is 2. The second-order valence-corrected chi connectivity index (χ2v) is 9.05. The Morgan fingerprint density at radius 2 is 1.55 bits per heavy atom. The highest BCUT2D eigenvalue weighted by Crippen LogP contribution is 2.29. The van der Waals surface area contributed by atoms with Crippen molar-refractivity contribution < 1.29 is 13.2 Å². The van der Waals surface area contributed by atoms with Crippen LogP contribution in [0.5, 0.6) is 0 Å². The Balaban J connectivity index is 1.96. The van der Waals surface area contributed by atoms with E-state index >= 15 is 0 Å². The van der Waals surface area contributed by atoms with E-state index in [4.69, 9.17) is 23.2 Å². The Bertz CT molecular complexity index is 1120. The molecule has 0 fully saturated rings. The predicted octanol–water partition coefficient (Wildman–Crippen LogP) is 5.14. The molecule has 0 heterocycles. The van der Waals surface area contributed by atoms with E-state index in [1.165, 1.54) is 12.1 Å². The van der Waals surface area contributed by atoms with Gasteiger partial charge in [-0.25, -0.2) is 8.42 Å². The molecule has 0 atom stereocenters. The molecule has 5 nitrogen and oxygen atoms in total. The molecule has 0 saturated heterocycles. The highest BCUT2D eigenvalue weighted by atomic mass is 35.5. The number of rotatable bonds is 6. The maximum Gasteiger partial charge on any atom is 0.264 e. The van der Waals surface area contributed by atoms with Gasteiger partial charge in [-0.2, -0.15) is 0 Å². The average Bonchev–Trinajstić information content (AvgIpc) is 2.69. The fraction of sp³-hybridized carbons (Fsp3) is 0.0952. The van der Waals surface area contributed by atoms with Gasteiger partial charge < -0.3 is 5.32 Å². The van der Waals surface area contributed by atoms with Crippen molar-refractivity contribution in [2.45, 2.75) is 11.8 Å². The average molecular weight is 449 g/mol. The Morgan fingerprint density at radius 3 is 2.17 bits per heavy atom. The number of amides is 1. The Morgan fingerprint density at radius 1 is 0.931 bits per heavy atom. The lowest BCUT2D eigenvalue weighted by atomic mass is 10.2. The molecule has 0 aliphatic carbocycles. The molecule has 0 saturated carbocycles. The Kier molecular flexibility index (Phi) is 6.47. The minimum absolute atomic E-state index is 0.0913. The zero-order chi connectivity index (χ0) is 21.0. The molecule has 3 rings (SSSR count). The van der Waals surface area contributed by atoms with Gasteiger partial charge in [0.15, 0.2) is 0 Å². The van der Waals surface area contributed by atoms with Crippen LogP contribution in [0.1, 0.15) is 5.56 Å². The van der Waals surface area contributed by atoms with E-state index < -0.39 is 22.5 Å². The summed E-state index contributed by atoms with van der Waals surface area (Å²) >= 11 is 11.9. The van der Waals surface area contributed by atoms with Crippen LogP contribution in [-0.4, -0.2) is 20.9 Å². The number of nitrogens with zero attached hydrogens (tertiary/aromatic N) is 1. The summed E-state index contributed by atoms with van der Waals surface area (Å²) in [6.45, 7) is 1.34. The largest absolute Gasteiger partial charge is 0.325 e. The minimum Gasteiger partial charge on any atom is -0.325 e.